The van der Waals surface area contributed by atoms with Crippen molar-refractivity contribution in [3.63, 3.8) is 0 Å². The van der Waals surface area contributed by atoms with Crippen LogP contribution in [-0.4, -0.2) is 73.8 Å². The Bertz CT molecular complexity index is 1370. The lowest BCUT2D eigenvalue weighted by Crippen LogP contribution is -2.59. The number of carbonyl (C=O) groups is 5. The summed E-state index contributed by atoms with van der Waals surface area (Å²) in [6.45, 7) is 3.51. The zero-order chi connectivity index (χ0) is 30.1. The highest BCUT2D eigenvalue weighted by Crippen LogP contribution is 2.19. The summed E-state index contributed by atoms with van der Waals surface area (Å²) in [7, 11) is 0. The molecular formula is C27H36N8O6. The van der Waals surface area contributed by atoms with Crippen LogP contribution in [-0.2, 0) is 36.8 Å². The number of aromatic nitrogens is 3. The lowest BCUT2D eigenvalue weighted by molar-refractivity contribution is -0.142. The normalized spacial score (nSPS) is 14.8. The summed E-state index contributed by atoms with van der Waals surface area (Å²) in [5.74, 6) is -4.80. The van der Waals surface area contributed by atoms with Crippen LogP contribution in [0.15, 0.2) is 43.0 Å². The van der Waals surface area contributed by atoms with Crippen LogP contribution >= 0.6 is 0 Å². The second-order valence-electron chi connectivity index (χ2n) is 9.95. The highest BCUT2D eigenvalue weighted by Gasteiger charge is 2.33. The van der Waals surface area contributed by atoms with Crippen molar-refractivity contribution in [2.45, 2.75) is 63.7 Å². The van der Waals surface area contributed by atoms with Crippen molar-refractivity contribution >= 4 is 40.5 Å². The van der Waals surface area contributed by atoms with E-state index in [2.05, 4.69) is 30.9 Å². The van der Waals surface area contributed by atoms with Crippen LogP contribution in [0, 0.1) is 5.92 Å². The van der Waals surface area contributed by atoms with E-state index in [4.69, 9.17) is 11.5 Å². The monoisotopic (exact) mass is 568 g/mol. The molecule has 0 fully saturated rings. The molecule has 0 bridgehead atoms. The van der Waals surface area contributed by atoms with Crippen LogP contribution < -0.4 is 27.4 Å². The van der Waals surface area contributed by atoms with Gasteiger partial charge in [-0.1, -0.05) is 38.5 Å². The van der Waals surface area contributed by atoms with E-state index in [9.17, 15) is 29.1 Å². The topological polar surface area (TPSA) is 238 Å². The molecule has 3 aromatic rings. The largest absolute Gasteiger partial charge is 0.480 e. The second kappa shape index (κ2) is 14.1. The van der Waals surface area contributed by atoms with Crippen LogP contribution in [0.3, 0.4) is 0 Å². The Morgan fingerprint density at radius 3 is 2.32 bits per heavy atom. The maximum atomic E-state index is 13.3. The zero-order valence-corrected chi connectivity index (χ0v) is 22.8. The standard InChI is InChI=1S/C27H36N8O6/c1-3-14(2)23(26(39)34-21(27(40)41)8-15-11-31-19-7-5-4-6-17(15)19)35-25(38)20(10-22(29)36)33-24(37)18(28)9-16-12-30-13-32-16/h4-7,11-14,18,20-21,23,31H,3,8-10,28H2,1-2H3,(H2,29,36)(H,30,32)(H,33,37)(H,34,39)(H,35,38)(H,40,41). The number of rotatable bonds is 15. The first-order valence-corrected chi connectivity index (χ1v) is 13.2. The van der Waals surface area contributed by atoms with Gasteiger partial charge in [0.2, 0.25) is 23.6 Å². The van der Waals surface area contributed by atoms with Gasteiger partial charge in [0.1, 0.15) is 18.1 Å². The van der Waals surface area contributed by atoms with Gasteiger partial charge in [-0.15, -0.1) is 0 Å². The Morgan fingerprint density at radius 1 is 0.976 bits per heavy atom. The van der Waals surface area contributed by atoms with E-state index in [0.717, 1.165) is 10.9 Å². The van der Waals surface area contributed by atoms with Crippen molar-refractivity contribution in [2.75, 3.05) is 0 Å². The van der Waals surface area contributed by atoms with E-state index >= 15 is 0 Å². The molecule has 1 aromatic carbocycles. The van der Waals surface area contributed by atoms with Crippen molar-refractivity contribution in [3.8, 4) is 0 Å². The maximum Gasteiger partial charge on any atom is 0.326 e. The minimum atomic E-state index is -1.41. The van der Waals surface area contributed by atoms with E-state index in [1.165, 1.54) is 12.5 Å². The number of benzene rings is 1. The summed E-state index contributed by atoms with van der Waals surface area (Å²) < 4.78 is 0. The van der Waals surface area contributed by atoms with Gasteiger partial charge in [0.25, 0.3) is 0 Å². The second-order valence-corrected chi connectivity index (χ2v) is 9.95. The average Bonchev–Trinajstić information content (AvgIpc) is 3.60. The first-order chi connectivity index (χ1) is 19.5. The molecule has 41 heavy (non-hydrogen) atoms. The molecule has 14 nitrogen and oxygen atoms in total. The summed E-state index contributed by atoms with van der Waals surface area (Å²) in [6, 6.07) is 2.45. The molecule has 0 aliphatic carbocycles. The van der Waals surface area contributed by atoms with Gasteiger partial charge in [0, 0.05) is 41.8 Å². The van der Waals surface area contributed by atoms with Crippen molar-refractivity contribution in [1.82, 2.24) is 30.9 Å². The smallest absolute Gasteiger partial charge is 0.326 e. The fourth-order valence-electron chi connectivity index (χ4n) is 4.35. The summed E-state index contributed by atoms with van der Waals surface area (Å²) in [5.41, 5.74) is 13.4. The van der Waals surface area contributed by atoms with Crippen molar-refractivity contribution in [1.29, 1.82) is 0 Å². The summed E-state index contributed by atoms with van der Waals surface area (Å²) >= 11 is 0. The van der Waals surface area contributed by atoms with Crippen LogP contribution in [0.25, 0.3) is 10.9 Å². The number of carbonyl (C=O) groups excluding carboxylic acids is 4. The van der Waals surface area contributed by atoms with E-state index in [0.29, 0.717) is 17.7 Å². The number of aliphatic carboxylic acids is 1. The predicted molar refractivity (Wildman–Crippen MR) is 149 cm³/mol. The molecule has 5 atom stereocenters. The van der Waals surface area contributed by atoms with Crippen LogP contribution in [0.1, 0.15) is 37.9 Å². The quantitative estimate of drug-likeness (QED) is 0.118. The Kier molecular flexibility index (Phi) is 10.6. The molecular weight excluding hydrogens is 532 g/mol. The Balaban J connectivity index is 1.72. The van der Waals surface area contributed by atoms with Gasteiger partial charge in [-0.3, -0.25) is 19.2 Å². The van der Waals surface area contributed by atoms with Gasteiger partial charge in [-0.05, 0) is 17.5 Å². The number of hydrogen-bond acceptors (Lipinski definition) is 7. The molecule has 220 valence electrons. The van der Waals surface area contributed by atoms with Crippen molar-refractivity contribution in [3.05, 3.63) is 54.2 Å². The number of imidazole rings is 1. The highest BCUT2D eigenvalue weighted by atomic mass is 16.4. The number of nitrogens with two attached hydrogens (primary N) is 2. The lowest BCUT2D eigenvalue weighted by atomic mass is 9.96. The number of aromatic amines is 2. The molecule has 5 unspecified atom stereocenters. The van der Waals surface area contributed by atoms with Crippen LogP contribution in [0.2, 0.25) is 0 Å². The number of carboxylic acid groups (broad SMARTS) is 1. The first kappa shape index (κ1) is 30.8. The van der Waals surface area contributed by atoms with Gasteiger partial charge in [0.05, 0.1) is 18.8 Å². The molecule has 2 heterocycles. The van der Waals surface area contributed by atoms with Gasteiger partial charge in [-0.2, -0.15) is 0 Å². The molecule has 0 radical (unpaired) electrons. The molecule has 0 saturated heterocycles. The van der Waals surface area contributed by atoms with Gasteiger partial charge in [-0.25, -0.2) is 9.78 Å². The summed E-state index contributed by atoms with van der Waals surface area (Å²) in [5, 5.41) is 18.2. The molecule has 14 heteroatoms. The SMILES string of the molecule is CCC(C)C(NC(=O)C(CC(N)=O)NC(=O)C(N)Cc1cnc[nH]1)C(=O)NC(Cc1c[nH]c2ccccc12)C(=O)O. The Hall–Kier alpha value is -4.72. The average molecular weight is 569 g/mol. The lowest BCUT2D eigenvalue weighted by Gasteiger charge is -2.28. The number of nitrogens with zero attached hydrogens (tertiary/aromatic N) is 1. The van der Waals surface area contributed by atoms with E-state index in [1.54, 1.807) is 20.0 Å². The third-order valence-corrected chi connectivity index (χ3v) is 6.88. The molecule has 4 amide bonds. The van der Waals surface area contributed by atoms with Crippen LogP contribution in [0.4, 0.5) is 0 Å². The number of H-pyrrole nitrogens is 2. The number of amides is 4. The summed E-state index contributed by atoms with van der Waals surface area (Å²) in [4.78, 5) is 72.8. The molecule has 3 rings (SSSR count). The molecule has 2 aromatic heterocycles. The van der Waals surface area contributed by atoms with Crippen molar-refractivity contribution in [2.24, 2.45) is 17.4 Å². The number of hydrogen-bond donors (Lipinski definition) is 8. The molecule has 0 aliphatic rings. The molecule has 0 aliphatic heterocycles. The fourth-order valence-corrected chi connectivity index (χ4v) is 4.35. The third-order valence-electron chi connectivity index (χ3n) is 6.88. The van der Waals surface area contributed by atoms with Gasteiger partial charge < -0.3 is 42.5 Å². The number of carboxylic acids is 1. The third kappa shape index (κ3) is 8.38. The first-order valence-electron chi connectivity index (χ1n) is 13.2. The number of nitrogens with one attached hydrogen (secondary N) is 5. The minimum Gasteiger partial charge on any atom is -0.480 e. The van der Waals surface area contributed by atoms with E-state index in [-0.39, 0.29) is 12.8 Å². The van der Waals surface area contributed by atoms with Crippen LogP contribution in [0.5, 0.6) is 0 Å². The van der Waals surface area contributed by atoms with Crippen molar-refractivity contribution < 1.29 is 29.1 Å². The predicted octanol–water partition coefficient (Wildman–Crippen LogP) is -0.536. The van der Waals surface area contributed by atoms with E-state index < -0.39 is 66.1 Å². The van der Waals surface area contributed by atoms with E-state index in [1.807, 2.05) is 24.3 Å². The molecule has 0 saturated carbocycles. The zero-order valence-electron chi connectivity index (χ0n) is 22.8. The van der Waals surface area contributed by atoms with Gasteiger partial charge >= 0.3 is 5.97 Å². The Morgan fingerprint density at radius 2 is 1.68 bits per heavy atom. The summed E-state index contributed by atoms with van der Waals surface area (Å²) in [6.07, 6.45) is 4.64. The fraction of sp³-hybridized carbons (Fsp3) is 0.407. The molecule has 10 N–H and O–H groups in total. The Labute approximate surface area is 236 Å². The molecule has 0 spiro atoms. The number of primary amides is 1. The van der Waals surface area contributed by atoms with Gasteiger partial charge in [0.15, 0.2) is 0 Å². The highest BCUT2D eigenvalue weighted by molar-refractivity contribution is 5.96. The number of para-hydroxylation sites is 1. The number of fused-ring (bicyclic) bond motifs is 1. The maximum absolute atomic E-state index is 13.3. The minimum absolute atomic E-state index is 0.000830.